The second-order valence-corrected chi connectivity index (χ2v) is 4.83. The van der Waals surface area contributed by atoms with E-state index in [9.17, 15) is 18.0 Å². The molecule has 0 aliphatic heterocycles. The summed E-state index contributed by atoms with van der Waals surface area (Å²) in [6.07, 6.45) is -4.08. The molecule has 3 N–H and O–H groups in total. The first-order valence-corrected chi connectivity index (χ1v) is 6.05. The van der Waals surface area contributed by atoms with Gasteiger partial charge in [0.25, 0.3) is 0 Å². The smallest absolute Gasteiger partial charge is 0.399 e. The fourth-order valence-corrected chi connectivity index (χ4v) is 1.94. The molecule has 0 aromatic heterocycles. The quantitative estimate of drug-likeness (QED) is 0.827. The summed E-state index contributed by atoms with van der Waals surface area (Å²) in [7, 11) is 0. The molecule has 104 valence electrons. The largest absolute Gasteiger partial charge is 0.411 e. The molecule has 0 radical (unpaired) electrons. The monoisotopic (exact) mass is 272 g/mol. The molecule has 1 fully saturated rings. The molecular weight excluding hydrogens is 257 g/mol. The van der Waals surface area contributed by atoms with Gasteiger partial charge in [-0.1, -0.05) is 18.2 Å². The van der Waals surface area contributed by atoms with Crippen LogP contribution in [-0.2, 0) is 11.2 Å². The van der Waals surface area contributed by atoms with Crippen molar-refractivity contribution in [3.8, 4) is 0 Å². The Labute approximate surface area is 109 Å². The van der Waals surface area contributed by atoms with Crippen molar-refractivity contribution in [1.82, 2.24) is 5.32 Å². The molecule has 3 nitrogen and oxygen atoms in total. The molecule has 1 amide bonds. The number of nitrogens with two attached hydrogens (primary N) is 1. The van der Waals surface area contributed by atoms with Gasteiger partial charge < -0.3 is 11.1 Å². The van der Waals surface area contributed by atoms with Crippen molar-refractivity contribution < 1.29 is 18.0 Å². The molecule has 1 aliphatic carbocycles. The molecule has 1 saturated carbocycles. The highest BCUT2D eigenvalue weighted by atomic mass is 19.4. The van der Waals surface area contributed by atoms with Crippen molar-refractivity contribution in [3.63, 3.8) is 0 Å². The van der Waals surface area contributed by atoms with Gasteiger partial charge in [0.2, 0.25) is 5.91 Å². The maximum Gasteiger partial charge on any atom is 0.411 e. The number of anilines is 1. The Morgan fingerprint density at radius 3 is 2.47 bits per heavy atom. The zero-order chi connectivity index (χ0) is 14.1. The van der Waals surface area contributed by atoms with Crippen LogP contribution in [0.3, 0.4) is 0 Å². The van der Waals surface area contributed by atoms with Gasteiger partial charge in [0.15, 0.2) is 0 Å². The maximum atomic E-state index is 12.6. The van der Waals surface area contributed by atoms with E-state index in [1.165, 1.54) is 0 Å². The first kappa shape index (κ1) is 13.7. The number of nitrogens with one attached hydrogen (secondary N) is 1. The summed E-state index contributed by atoms with van der Waals surface area (Å²) in [6, 6.07) is 7.01. The normalized spacial score (nSPS) is 17.0. The van der Waals surface area contributed by atoms with E-state index in [4.69, 9.17) is 5.73 Å². The summed E-state index contributed by atoms with van der Waals surface area (Å²) in [5.74, 6) is -0.585. The van der Waals surface area contributed by atoms with Crippen molar-refractivity contribution in [2.45, 2.75) is 37.4 Å². The first-order chi connectivity index (χ1) is 8.84. The van der Waals surface area contributed by atoms with E-state index in [2.05, 4.69) is 5.32 Å². The Bertz CT molecular complexity index is 481. The highest BCUT2D eigenvalue weighted by Gasteiger charge is 2.64. The number of halogens is 3. The van der Waals surface area contributed by atoms with Crippen LogP contribution >= 0.6 is 0 Å². The molecule has 0 unspecified atom stereocenters. The molecular formula is C13H15F3N2O. The van der Waals surface area contributed by atoms with Gasteiger partial charge in [-0.05, 0) is 30.9 Å². The zero-order valence-electron chi connectivity index (χ0n) is 10.3. The average molecular weight is 272 g/mol. The van der Waals surface area contributed by atoms with E-state index < -0.39 is 17.6 Å². The number of benzene rings is 1. The summed E-state index contributed by atoms with van der Waals surface area (Å²) in [4.78, 5) is 11.6. The molecule has 19 heavy (non-hydrogen) atoms. The predicted molar refractivity (Wildman–Crippen MR) is 65.3 cm³/mol. The summed E-state index contributed by atoms with van der Waals surface area (Å²) in [6.45, 7) is 0. The minimum Gasteiger partial charge on any atom is -0.399 e. The Hall–Kier alpha value is -1.72. The number of carbonyl (C=O) groups excluding carboxylic acids is 1. The molecule has 0 saturated heterocycles. The second kappa shape index (κ2) is 4.75. The third kappa shape index (κ3) is 3.00. The van der Waals surface area contributed by atoms with Crippen LogP contribution in [0.15, 0.2) is 24.3 Å². The second-order valence-electron chi connectivity index (χ2n) is 4.83. The number of amides is 1. The Morgan fingerprint density at radius 1 is 1.32 bits per heavy atom. The van der Waals surface area contributed by atoms with Crippen molar-refractivity contribution in [2.24, 2.45) is 0 Å². The third-order valence-electron chi connectivity index (χ3n) is 3.35. The SMILES string of the molecule is Nc1ccccc1CCC(=O)NC1(C(F)(F)F)CC1. The number of rotatable bonds is 4. The van der Waals surface area contributed by atoms with Crippen molar-refractivity contribution in [1.29, 1.82) is 0 Å². The van der Waals surface area contributed by atoms with Gasteiger partial charge in [-0.3, -0.25) is 4.79 Å². The van der Waals surface area contributed by atoms with Crippen LogP contribution in [0.2, 0.25) is 0 Å². The van der Waals surface area contributed by atoms with Gasteiger partial charge in [-0.15, -0.1) is 0 Å². The molecule has 2 rings (SSSR count). The third-order valence-corrected chi connectivity index (χ3v) is 3.35. The lowest BCUT2D eigenvalue weighted by atomic mass is 10.1. The van der Waals surface area contributed by atoms with Crippen LogP contribution in [0.5, 0.6) is 0 Å². The number of aryl methyl sites for hydroxylation is 1. The maximum absolute atomic E-state index is 12.6. The molecule has 0 bridgehead atoms. The average Bonchev–Trinajstić information content (AvgIpc) is 3.08. The number of hydrogen-bond acceptors (Lipinski definition) is 2. The van der Waals surface area contributed by atoms with E-state index in [-0.39, 0.29) is 19.3 Å². The fraction of sp³-hybridized carbons (Fsp3) is 0.462. The van der Waals surface area contributed by atoms with E-state index in [1.54, 1.807) is 24.3 Å². The van der Waals surface area contributed by atoms with Gasteiger partial charge in [-0.2, -0.15) is 13.2 Å². The first-order valence-electron chi connectivity index (χ1n) is 6.05. The van der Waals surface area contributed by atoms with Crippen LogP contribution in [0.1, 0.15) is 24.8 Å². The van der Waals surface area contributed by atoms with E-state index in [1.807, 2.05) is 0 Å². The van der Waals surface area contributed by atoms with Gasteiger partial charge in [0.1, 0.15) is 5.54 Å². The highest BCUT2D eigenvalue weighted by molar-refractivity contribution is 5.78. The minimum atomic E-state index is -4.37. The van der Waals surface area contributed by atoms with E-state index in [0.29, 0.717) is 12.1 Å². The lowest BCUT2D eigenvalue weighted by Crippen LogP contribution is -2.47. The Morgan fingerprint density at radius 2 is 1.95 bits per heavy atom. The zero-order valence-corrected chi connectivity index (χ0v) is 10.3. The topological polar surface area (TPSA) is 55.1 Å². The lowest BCUT2D eigenvalue weighted by molar-refractivity contribution is -0.170. The van der Waals surface area contributed by atoms with Gasteiger partial charge in [0, 0.05) is 12.1 Å². The highest BCUT2D eigenvalue weighted by Crippen LogP contribution is 2.48. The van der Waals surface area contributed by atoms with Crippen LogP contribution in [0.4, 0.5) is 18.9 Å². The van der Waals surface area contributed by atoms with Gasteiger partial charge in [0.05, 0.1) is 0 Å². The standard InChI is InChI=1S/C13H15F3N2O/c14-13(15,16)12(7-8-12)18-11(19)6-5-9-3-1-2-4-10(9)17/h1-4H,5-8,17H2,(H,18,19). The number of nitrogen functional groups attached to an aromatic ring is 1. The van der Waals surface area contributed by atoms with Crippen LogP contribution in [0, 0.1) is 0 Å². The Balaban J connectivity index is 1.88. The summed E-state index contributed by atoms with van der Waals surface area (Å²) in [5, 5.41) is 2.09. The lowest BCUT2D eigenvalue weighted by Gasteiger charge is -2.20. The molecule has 0 spiro atoms. The van der Waals surface area contributed by atoms with Crippen LogP contribution < -0.4 is 11.1 Å². The van der Waals surface area contributed by atoms with Crippen molar-refractivity contribution in [3.05, 3.63) is 29.8 Å². The number of carbonyl (C=O) groups is 1. The van der Waals surface area contributed by atoms with E-state index >= 15 is 0 Å². The van der Waals surface area contributed by atoms with Gasteiger partial charge >= 0.3 is 6.18 Å². The van der Waals surface area contributed by atoms with Gasteiger partial charge in [-0.25, -0.2) is 0 Å². The Kier molecular flexibility index (Phi) is 3.43. The van der Waals surface area contributed by atoms with E-state index in [0.717, 1.165) is 5.56 Å². The molecule has 0 heterocycles. The molecule has 1 aliphatic rings. The summed E-state index contributed by atoms with van der Waals surface area (Å²) < 4.78 is 37.9. The van der Waals surface area contributed by atoms with Crippen LogP contribution in [0.25, 0.3) is 0 Å². The summed E-state index contributed by atoms with van der Waals surface area (Å²) >= 11 is 0. The fourth-order valence-electron chi connectivity index (χ4n) is 1.94. The molecule has 0 atom stereocenters. The van der Waals surface area contributed by atoms with Crippen molar-refractivity contribution >= 4 is 11.6 Å². The number of para-hydroxylation sites is 1. The predicted octanol–water partition coefficient (Wildman–Crippen LogP) is 2.41. The van der Waals surface area contributed by atoms with Crippen molar-refractivity contribution in [2.75, 3.05) is 5.73 Å². The number of hydrogen-bond donors (Lipinski definition) is 2. The molecule has 6 heteroatoms. The minimum absolute atomic E-state index is 0.00600. The molecule has 1 aromatic carbocycles. The number of alkyl halides is 3. The molecule has 1 aromatic rings. The summed E-state index contributed by atoms with van der Waals surface area (Å²) in [5.41, 5.74) is 5.05. The van der Waals surface area contributed by atoms with Crippen LogP contribution in [-0.4, -0.2) is 17.6 Å².